The van der Waals surface area contributed by atoms with Crippen molar-refractivity contribution in [3.63, 3.8) is 0 Å². The van der Waals surface area contributed by atoms with E-state index in [9.17, 15) is 9.59 Å². The standard InChI is InChI=1S/C21H30N6O4/c1-3-26(4-2)12-15-6-8-16(9-7-15)20(29)31-11-5-10-30-14-27-13-23-17-18(27)24-21(22)25-19(17)28/h6-9,23H,3-5,10-14H2,1-2H3,(H3,22,24,25,28). The Labute approximate surface area is 181 Å². The maximum absolute atomic E-state index is 12.2. The Morgan fingerprint density at radius 1 is 1.23 bits per heavy atom. The molecular weight excluding hydrogens is 400 g/mol. The number of hydrogen-bond donors (Lipinski definition) is 3. The fourth-order valence-electron chi connectivity index (χ4n) is 3.26. The molecule has 31 heavy (non-hydrogen) atoms. The van der Waals surface area contributed by atoms with Gasteiger partial charge in [0.2, 0.25) is 5.95 Å². The number of fused-ring (bicyclic) bond motifs is 1. The van der Waals surface area contributed by atoms with Crippen molar-refractivity contribution in [3.8, 4) is 0 Å². The van der Waals surface area contributed by atoms with Crippen molar-refractivity contribution in [2.45, 2.75) is 26.8 Å². The first-order valence-corrected chi connectivity index (χ1v) is 10.5. The second-order valence-electron chi connectivity index (χ2n) is 7.21. The number of hydrogen-bond acceptors (Lipinski definition) is 9. The summed E-state index contributed by atoms with van der Waals surface area (Å²) in [4.78, 5) is 34.7. The molecule has 1 aliphatic heterocycles. The van der Waals surface area contributed by atoms with Gasteiger partial charge in [-0.3, -0.25) is 14.7 Å². The summed E-state index contributed by atoms with van der Waals surface area (Å²) in [5.41, 5.74) is 7.38. The van der Waals surface area contributed by atoms with E-state index in [1.165, 1.54) is 5.56 Å². The summed E-state index contributed by atoms with van der Waals surface area (Å²) in [5, 5.41) is 2.96. The number of carbonyl (C=O) groups is 1. The zero-order chi connectivity index (χ0) is 22.2. The molecule has 10 nitrogen and oxygen atoms in total. The third-order valence-electron chi connectivity index (χ3n) is 5.07. The van der Waals surface area contributed by atoms with Gasteiger partial charge in [-0.25, -0.2) is 4.79 Å². The van der Waals surface area contributed by atoms with Crippen LogP contribution in [0, 0.1) is 0 Å². The van der Waals surface area contributed by atoms with Gasteiger partial charge in [0.25, 0.3) is 5.56 Å². The fourth-order valence-corrected chi connectivity index (χ4v) is 3.26. The number of nitrogens with zero attached hydrogens (tertiary/aromatic N) is 3. The maximum Gasteiger partial charge on any atom is 0.338 e. The molecule has 0 bridgehead atoms. The summed E-state index contributed by atoms with van der Waals surface area (Å²) < 4.78 is 10.9. The van der Waals surface area contributed by atoms with Gasteiger partial charge in [0.1, 0.15) is 12.4 Å². The van der Waals surface area contributed by atoms with Gasteiger partial charge in [-0.15, -0.1) is 0 Å². The van der Waals surface area contributed by atoms with Crippen LogP contribution in [0.5, 0.6) is 0 Å². The van der Waals surface area contributed by atoms with Crippen LogP contribution in [0.2, 0.25) is 0 Å². The summed E-state index contributed by atoms with van der Waals surface area (Å²) in [6, 6.07) is 7.53. The molecule has 0 saturated carbocycles. The Morgan fingerprint density at radius 2 is 1.97 bits per heavy atom. The van der Waals surface area contributed by atoms with Gasteiger partial charge >= 0.3 is 5.97 Å². The van der Waals surface area contributed by atoms with Crippen molar-refractivity contribution in [2.24, 2.45) is 0 Å². The van der Waals surface area contributed by atoms with Crippen LogP contribution in [0.4, 0.5) is 17.5 Å². The van der Waals surface area contributed by atoms with Gasteiger partial charge in [0.05, 0.1) is 25.4 Å². The van der Waals surface area contributed by atoms with E-state index in [4.69, 9.17) is 15.2 Å². The number of carbonyl (C=O) groups excluding carboxylic acids is 1. The minimum Gasteiger partial charge on any atom is -0.462 e. The summed E-state index contributed by atoms with van der Waals surface area (Å²) >= 11 is 0. The molecule has 0 aliphatic carbocycles. The number of nitrogen functional groups attached to an aromatic ring is 1. The van der Waals surface area contributed by atoms with E-state index in [0.29, 0.717) is 36.8 Å². The number of nitrogens with one attached hydrogen (secondary N) is 2. The molecule has 3 rings (SSSR count). The highest BCUT2D eigenvalue weighted by molar-refractivity contribution is 5.89. The molecule has 168 valence electrons. The molecule has 10 heteroatoms. The molecular formula is C21H30N6O4. The van der Waals surface area contributed by atoms with Crippen LogP contribution >= 0.6 is 0 Å². The second kappa shape index (κ2) is 10.8. The highest BCUT2D eigenvalue weighted by atomic mass is 16.5. The second-order valence-corrected chi connectivity index (χ2v) is 7.21. The van der Waals surface area contributed by atoms with Crippen LogP contribution in [0.3, 0.4) is 0 Å². The topological polar surface area (TPSA) is 126 Å². The molecule has 2 heterocycles. The summed E-state index contributed by atoms with van der Waals surface area (Å²) in [6.45, 7) is 8.44. The summed E-state index contributed by atoms with van der Waals surface area (Å²) in [6.07, 6.45) is 0.560. The molecule has 0 fully saturated rings. The summed E-state index contributed by atoms with van der Waals surface area (Å²) in [7, 11) is 0. The number of aromatic nitrogens is 2. The number of anilines is 3. The number of rotatable bonds is 11. The summed E-state index contributed by atoms with van der Waals surface area (Å²) in [5.74, 6) is 0.188. The first kappa shape index (κ1) is 22.6. The van der Waals surface area contributed by atoms with Gasteiger partial charge in [0.15, 0.2) is 5.82 Å². The van der Waals surface area contributed by atoms with Crippen LogP contribution < -0.4 is 21.5 Å². The lowest BCUT2D eigenvalue weighted by Gasteiger charge is -2.18. The van der Waals surface area contributed by atoms with Gasteiger partial charge in [-0.05, 0) is 30.8 Å². The van der Waals surface area contributed by atoms with E-state index >= 15 is 0 Å². The molecule has 1 aromatic carbocycles. The van der Waals surface area contributed by atoms with E-state index in [1.54, 1.807) is 17.0 Å². The number of benzene rings is 1. The Hall–Kier alpha value is -3.11. The molecule has 0 saturated heterocycles. The lowest BCUT2D eigenvalue weighted by molar-refractivity contribution is 0.0446. The van der Waals surface area contributed by atoms with Crippen LogP contribution in [-0.2, 0) is 16.0 Å². The van der Waals surface area contributed by atoms with Crippen molar-refractivity contribution in [1.82, 2.24) is 14.9 Å². The average molecular weight is 431 g/mol. The molecule has 0 unspecified atom stereocenters. The molecule has 0 atom stereocenters. The normalized spacial score (nSPS) is 12.7. The van der Waals surface area contributed by atoms with Crippen LogP contribution in [0.15, 0.2) is 29.1 Å². The van der Waals surface area contributed by atoms with Crippen molar-refractivity contribution in [1.29, 1.82) is 0 Å². The Balaban J connectivity index is 1.35. The van der Waals surface area contributed by atoms with Gasteiger partial charge in [-0.1, -0.05) is 26.0 Å². The first-order valence-electron chi connectivity index (χ1n) is 10.5. The Morgan fingerprint density at radius 3 is 2.68 bits per heavy atom. The predicted octanol–water partition coefficient (Wildman–Crippen LogP) is 1.60. The first-order chi connectivity index (χ1) is 15.0. The minimum atomic E-state index is -0.342. The number of esters is 1. The number of ether oxygens (including phenoxy) is 2. The number of nitrogens with two attached hydrogens (primary N) is 1. The minimum absolute atomic E-state index is 0.0606. The quantitative estimate of drug-likeness (QED) is 0.360. The zero-order valence-corrected chi connectivity index (χ0v) is 18.0. The highest BCUT2D eigenvalue weighted by Crippen LogP contribution is 2.25. The van der Waals surface area contributed by atoms with Crippen LogP contribution in [0.25, 0.3) is 0 Å². The number of H-pyrrole nitrogens is 1. The Bertz CT molecular complexity index is 926. The fraction of sp³-hybridized carbons (Fsp3) is 0.476. The van der Waals surface area contributed by atoms with Crippen LogP contribution in [0.1, 0.15) is 36.2 Å². The molecule has 0 spiro atoms. The highest BCUT2D eigenvalue weighted by Gasteiger charge is 2.23. The molecule has 2 aromatic rings. The van der Waals surface area contributed by atoms with E-state index < -0.39 is 0 Å². The van der Waals surface area contributed by atoms with Crippen molar-refractivity contribution in [3.05, 3.63) is 45.7 Å². The average Bonchev–Trinajstić information content (AvgIpc) is 3.17. The van der Waals surface area contributed by atoms with Crippen molar-refractivity contribution >= 4 is 23.4 Å². The molecule has 1 aromatic heterocycles. The SMILES string of the molecule is CCN(CC)Cc1ccc(C(=O)OCCCOCN2CNc3c2nc(N)[nH]c3=O)cc1. The third-order valence-corrected chi connectivity index (χ3v) is 5.07. The van der Waals surface area contributed by atoms with Gasteiger partial charge in [-0.2, -0.15) is 4.98 Å². The monoisotopic (exact) mass is 430 g/mol. The molecule has 0 amide bonds. The molecule has 4 N–H and O–H groups in total. The number of aromatic amines is 1. The van der Waals surface area contributed by atoms with Crippen molar-refractivity contribution < 1.29 is 14.3 Å². The molecule has 0 radical (unpaired) electrons. The van der Waals surface area contributed by atoms with Crippen LogP contribution in [-0.4, -0.2) is 60.5 Å². The van der Waals surface area contributed by atoms with Gasteiger partial charge in [0, 0.05) is 13.0 Å². The lowest BCUT2D eigenvalue weighted by atomic mass is 10.1. The van der Waals surface area contributed by atoms with E-state index in [1.807, 2.05) is 12.1 Å². The lowest BCUT2D eigenvalue weighted by Crippen LogP contribution is -2.27. The Kier molecular flexibility index (Phi) is 7.85. The van der Waals surface area contributed by atoms with E-state index in [-0.39, 0.29) is 30.8 Å². The van der Waals surface area contributed by atoms with E-state index in [0.717, 1.165) is 19.6 Å². The molecule has 1 aliphatic rings. The predicted molar refractivity (Wildman–Crippen MR) is 119 cm³/mol. The van der Waals surface area contributed by atoms with E-state index in [2.05, 4.69) is 34.0 Å². The maximum atomic E-state index is 12.2. The van der Waals surface area contributed by atoms with Crippen molar-refractivity contribution in [2.75, 3.05) is 55.7 Å². The smallest absolute Gasteiger partial charge is 0.338 e. The zero-order valence-electron chi connectivity index (χ0n) is 18.0. The largest absolute Gasteiger partial charge is 0.462 e. The third kappa shape index (κ3) is 5.96. The van der Waals surface area contributed by atoms with Gasteiger partial charge < -0.3 is 25.4 Å².